The number of halogens is 2. The van der Waals surface area contributed by atoms with E-state index < -0.39 is 104 Å². The first-order valence-corrected chi connectivity index (χ1v) is 23.5. The highest BCUT2D eigenvalue weighted by atomic mass is 19.3. The second kappa shape index (κ2) is 31.9. The van der Waals surface area contributed by atoms with E-state index in [1.165, 1.54) is 12.1 Å². The summed E-state index contributed by atoms with van der Waals surface area (Å²) in [5, 5.41) is 47.5. The van der Waals surface area contributed by atoms with E-state index in [0.29, 0.717) is 96.3 Å². The van der Waals surface area contributed by atoms with Crippen molar-refractivity contribution in [2.75, 3.05) is 72.6 Å². The van der Waals surface area contributed by atoms with Gasteiger partial charge in [-0.15, -0.1) is 5.10 Å². The van der Waals surface area contributed by atoms with Gasteiger partial charge in [-0.25, -0.2) is 18.4 Å². The third kappa shape index (κ3) is 23.4. The van der Waals surface area contributed by atoms with E-state index in [1.54, 1.807) is 31.6 Å². The van der Waals surface area contributed by atoms with Crippen molar-refractivity contribution in [3.63, 3.8) is 0 Å². The number of aliphatic carboxylic acids is 1. The van der Waals surface area contributed by atoms with Gasteiger partial charge in [0.05, 0.1) is 91.1 Å². The maximum atomic E-state index is 13.0. The summed E-state index contributed by atoms with van der Waals surface area (Å²) in [5.74, 6) is -7.77. The highest BCUT2D eigenvalue weighted by Crippen LogP contribution is 2.36. The predicted molar refractivity (Wildman–Crippen MR) is 245 cm³/mol. The molecule has 2 heterocycles. The number of aliphatic hydroxyl groups is 2. The summed E-state index contributed by atoms with van der Waals surface area (Å²) in [4.78, 5) is 74.5. The van der Waals surface area contributed by atoms with Crippen LogP contribution >= 0.6 is 0 Å². The van der Waals surface area contributed by atoms with Gasteiger partial charge in [0.25, 0.3) is 12.2 Å². The number of carboxylic acid groups (broad SMARTS) is 1. The smallest absolute Gasteiger partial charge is 0.407 e. The average molecular weight is 1030 g/mol. The Morgan fingerprint density at radius 3 is 2.10 bits per heavy atom. The summed E-state index contributed by atoms with van der Waals surface area (Å²) >= 11 is 0. The van der Waals surface area contributed by atoms with Crippen molar-refractivity contribution in [3.8, 4) is 0 Å². The molecule has 2 aromatic rings. The van der Waals surface area contributed by atoms with Crippen LogP contribution in [0.15, 0.2) is 30.5 Å². The van der Waals surface area contributed by atoms with Gasteiger partial charge in [0.1, 0.15) is 42.3 Å². The van der Waals surface area contributed by atoms with Gasteiger partial charge in [-0.2, -0.15) is 0 Å². The van der Waals surface area contributed by atoms with Crippen LogP contribution < -0.4 is 16.0 Å². The number of alkyl carbamates (subject to hydrolysis) is 1. The number of aliphatic hydroxyl groups excluding tert-OH is 2. The van der Waals surface area contributed by atoms with E-state index in [1.807, 2.05) is 0 Å². The van der Waals surface area contributed by atoms with E-state index in [2.05, 4.69) is 26.3 Å². The molecule has 406 valence electrons. The fraction of sp³-hybridized carbons (Fsp3) is 0.696. The number of aryl methyl sites for hydroxylation is 1. The summed E-state index contributed by atoms with van der Waals surface area (Å²) in [6.45, 7) is 9.11. The van der Waals surface area contributed by atoms with Crippen LogP contribution in [-0.2, 0) is 86.2 Å². The Hall–Kier alpha value is -5.48. The van der Waals surface area contributed by atoms with Gasteiger partial charge in [-0.1, -0.05) is 42.3 Å². The molecule has 0 spiro atoms. The molecule has 0 aliphatic carbocycles. The molecule has 6 atom stereocenters. The van der Waals surface area contributed by atoms with Crippen molar-refractivity contribution in [2.24, 2.45) is 0 Å². The third-order valence-electron chi connectivity index (χ3n) is 10.3. The van der Waals surface area contributed by atoms with Gasteiger partial charge in [0.15, 0.2) is 0 Å². The molecule has 1 aromatic carbocycles. The van der Waals surface area contributed by atoms with Gasteiger partial charge < -0.3 is 73.9 Å². The van der Waals surface area contributed by atoms with Gasteiger partial charge in [-0.3, -0.25) is 23.9 Å². The summed E-state index contributed by atoms with van der Waals surface area (Å²) in [6.07, 6.45) is -7.29. The minimum Gasteiger partial charge on any atom is -0.477 e. The van der Waals surface area contributed by atoms with Crippen LogP contribution in [0.1, 0.15) is 90.0 Å². The maximum Gasteiger partial charge on any atom is 0.407 e. The van der Waals surface area contributed by atoms with E-state index in [4.69, 9.17) is 42.6 Å². The van der Waals surface area contributed by atoms with Crippen LogP contribution in [0.2, 0.25) is 0 Å². The lowest BCUT2D eigenvalue weighted by atomic mass is 9.88. The Balaban J connectivity index is 1.45. The number of rotatable bonds is 34. The summed E-state index contributed by atoms with van der Waals surface area (Å²) in [6, 6.07) is 3.44. The first-order chi connectivity index (χ1) is 34.2. The molecule has 72 heavy (non-hydrogen) atoms. The molecule has 1 fully saturated rings. The van der Waals surface area contributed by atoms with Gasteiger partial charge in [0.2, 0.25) is 11.8 Å². The standard InChI is InChI=1S/C46H70F2N6O18/c1-30(56)69-35-25-46(43(61)62,71-41(39(35)51-38(59)28-55)40(60)36(70-31(2)57)26-50-37(58)24-32-10-12-33(13-11-32)42(47)48)68-16-9-7-6-8-15-54-27-34(52-53-54)29-67-23-22-66-21-20-65-19-18-64-17-14-49-44(63)72-45(3,4)5/h10-13,27,35-36,39-42,55,60H,6-9,14-26,28-29H2,1-5H3,(H,49,63)(H,50,58)(H,51,59)(H,61,62)/t35-,36+,39+,40+,41+,46+/m0/s1. The first kappa shape index (κ1) is 60.8. The number of nitrogens with zero attached hydrogens (tertiary/aromatic N) is 3. The van der Waals surface area contributed by atoms with Crippen LogP contribution in [0.25, 0.3) is 0 Å². The number of nitrogens with one attached hydrogen (secondary N) is 3. The molecular formula is C46H70F2N6O18. The molecule has 1 saturated heterocycles. The van der Waals surface area contributed by atoms with E-state index >= 15 is 0 Å². The molecule has 1 aliphatic rings. The molecule has 0 unspecified atom stereocenters. The lowest BCUT2D eigenvalue weighted by Crippen LogP contribution is -2.69. The van der Waals surface area contributed by atoms with Crippen LogP contribution in [0.5, 0.6) is 0 Å². The monoisotopic (exact) mass is 1030 g/mol. The highest BCUT2D eigenvalue weighted by Gasteiger charge is 2.57. The Kier molecular flexibility index (Phi) is 26.9. The lowest BCUT2D eigenvalue weighted by molar-refractivity contribution is -0.312. The number of aromatic nitrogens is 3. The number of ether oxygens (including phenoxy) is 9. The topological polar surface area (TPSA) is 313 Å². The summed E-state index contributed by atoms with van der Waals surface area (Å²) < 4.78 is 77.4. The van der Waals surface area contributed by atoms with Crippen molar-refractivity contribution in [2.45, 2.75) is 135 Å². The van der Waals surface area contributed by atoms with E-state index in [-0.39, 0.29) is 25.2 Å². The number of amides is 3. The zero-order valence-corrected chi connectivity index (χ0v) is 41.3. The zero-order chi connectivity index (χ0) is 53.1. The van der Waals surface area contributed by atoms with Crippen molar-refractivity contribution in [1.82, 2.24) is 30.9 Å². The average Bonchev–Trinajstić information content (AvgIpc) is 3.77. The molecule has 6 N–H and O–H groups in total. The van der Waals surface area contributed by atoms with Crippen LogP contribution in [0, 0.1) is 0 Å². The van der Waals surface area contributed by atoms with Crippen LogP contribution in [0.3, 0.4) is 0 Å². The Labute approximate surface area is 416 Å². The third-order valence-corrected chi connectivity index (χ3v) is 10.3. The maximum absolute atomic E-state index is 13.0. The number of esters is 2. The predicted octanol–water partition coefficient (Wildman–Crippen LogP) is 1.51. The number of hydrogen-bond acceptors (Lipinski definition) is 19. The van der Waals surface area contributed by atoms with Gasteiger partial charge >= 0.3 is 24.0 Å². The number of carbonyl (C=O) groups is 6. The van der Waals surface area contributed by atoms with Gasteiger partial charge in [-0.05, 0) is 39.2 Å². The number of alkyl halides is 2. The Morgan fingerprint density at radius 2 is 1.50 bits per heavy atom. The molecule has 1 aliphatic heterocycles. The lowest BCUT2D eigenvalue weighted by Gasteiger charge is -2.47. The van der Waals surface area contributed by atoms with E-state index in [0.717, 1.165) is 26.0 Å². The summed E-state index contributed by atoms with van der Waals surface area (Å²) in [7, 11) is 0. The first-order valence-electron chi connectivity index (χ1n) is 23.5. The number of unbranched alkanes of at least 4 members (excludes halogenated alkanes) is 3. The molecule has 0 bridgehead atoms. The quantitative estimate of drug-likeness (QED) is 0.0329. The number of hydrogen-bond donors (Lipinski definition) is 6. The minimum atomic E-state index is -2.71. The number of benzene rings is 1. The Morgan fingerprint density at radius 1 is 0.861 bits per heavy atom. The van der Waals surface area contributed by atoms with Crippen molar-refractivity contribution in [3.05, 3.63) is 47.3 Å². The van der Waals surface area contributed by atoms with Crippen molar-refractivity contribution >= 4 is 35.8 Å². The minimum absolute atomic E-state index is 0.189. The molecular weight excluding hydrogens is 963 g/mol. The molecule has 0 radical (unpaired) electrons. The fourth-order valence-corrected chi connectivity index (χ4v) is 7.01. The number of carbonyl (C=O) groups excluding carboxylic acids is 5. The van der Waals surface area contributed by atoms with Crippen LogP contribution in [-0.4, -0.2) is 181 Å². The summed E-state index contributed by atoms with van der Waals surface area (Å²) in [5.41, 5.74) is 0.174. The fourth-order valence-electron chi connectivity index (χ4n) is 7.01. The van der Waals surface area contributed by atoms with Gasteiger partial charge in [0, 0.05) is 32.5 Å². The second-order valence-electron chi connectivity index (χ2n) is 17.5. The molecule has 0 saturated carbocycles. The Bertz CT molecular complexity index is 1970. The molecule has 3 rings (SSSR count). The molecule has 26 heteroatoms. The zero-order valence-electron chi connectivity index (χ0n) is 41.3. The van der Waals surface area contributed by atoms with Crippen molar-refractivity contribution in [1.29, 1.82) is 0 Å². The molecule has 24 nitrogen and oxygen atoms in total. The largest absolute Gasteiger partial charge is 0.477 e. The number of carboxylic acids is 1. The SMILES string of the molecule is CC(=O)O[C@H]1C[C@](OCCCCCCn2cc(COCCOCCOCCOCCNC(=O)OC(C)(C)C)nn2)(C(=O)O)O[C@@H]([C@H](O)[C@@H](CNC(=O)Cc2ccc(C(F)F)cc2)OC(C)=O)[C@@H]1NC(=O)CO. The molecule has 1 aromatic heterocycles. The normalized spacial score (nSPS) is 18.7. The highest BCUT2D eigenvalue weighted by molar-refractivity contribution is 5.79. The van der Waals surface area contributed by atoms with Crippen LogP contribution in [0.4, 0.5) is 13.6 Å². The second-order valence-corrected chi connectivity index (χ2v) is 17.5. The van der Waals surface area contributed by atoms with Crippen molar-refractivity contribution < 1.29 is 95.5 Å². The van der Waals surface area contributed by atoms with E-state index in [9.17, 15) is 52.9 Å². The molecule has 3 amide bonds.